The molecule has 2 N–H and O–H groups in total. The third-order valence-electron chi connectivity index (χ3n) is 2.10. The summed E-state index contributed by atoms with van der Waals surface area (Å²) in [5.41, 5.74) is 6.04. The number of nitrogens with zero attached hydrogens (tertiary/aromatic N) is 3. The second-order valence-corrected chi connectivity index (χ2v) is 3.54. The van der Waals surface area contributed by atoms with Crippen LogP contribution in [0.1, 0.15) is 31.9 Å². The third kappa shape index (κ3) is 4.39. The zero-order valence-corrected chi connectivity index (χ0v) is 9.56. The minimum atomic E-state index is -0.287. The van der Waals surface area contributed by atoms with Gasteiger partial charge in [0.15, 0.2) is 0 Å². The summed E-state index contributed by atoms with van der Waals surface area (Å²) >= 11 is 0. The molecule has 0 amide bonds. The molecule has 1 heterocycles. The van der Waals surface area contributed by atoms with Crippen molar-refractivity contribution < 1.29 is 9.53 Å². The summed E-state index contributed by atoms with van der Waals surface area (Å²) in [6.07, 6.45) is 4.75. The van der Waals surface area contributed by atoms with Crippen LogP contribution in [-0.4, -0.2) is 27.6 Å². The van der Waals surface area contributed by atoms with Gasteiger partial charge in [-0.05, 0) is 6.42 Å². The van der Waals surface area contributed by atoms with Gasteiger partial charge < -0.3 is 10.5 Å². The normalized spacial score (nSPS) is 10.4. The van der Waals surface area contributed by atoms with Crippen LogP contribution >= 0.6 is 0 Å². The molecule has 16 heavy (non-hydrogen) atoms. The smallest absolute Gasteiger partial charge is 0.327 e. The second kappa shape index (κ2) is 6.95. The lowest BCUT2D eigenvalue weighted by atomic mass is 10.3. The van der Waals surface area contributed by atoms with Crippen molar-refractivity contribution in [3.63, 3.8) is 0 Å². The standard InChI is InChI=1S/C10H18N4O2/c1-2-3-4-5-16-10(15)8-14-7-9(6-11)12-13-14/h7H,2-6,8,11H2,1H3. The van der Waals surface area contributed by atoms with Crippen LogP contribution in [0.25, 0.3) is 0 Å². The predicted octanol–water partition coefficient (Wildman–Crippen LogP) is 0.470. The lowest BCUT2D eigenvalue weighted by molar-refractivity contribution is -0.144. The van der Waals surface area contributed by atoms with Gasteiger partial charge in [-0.15, -0.1) is 5.10 Å². The Bertz CT molecular complexity index is 324. The fourth-order valence-electron chi connectivity index (χ4n) is 1.23. The number of carbonyl (C=O) groups excluding carboxylic acids is 1. The molecule has 0 radical (unpaired) electrons. The Morgan fingerprint density at radius 2 is 2.38 bits per heavy atom. The molecule has 0 fully saturated rings. The van der Waals surface area contributed by atoms with E-state index in [4.69, 9.17) is 10.5 Å². The van der Waals surface area contributed by atoms with Crippen molar-refractivity contribution in [3.05, 3.63) is 11.9 Å². The molecule has 0 saturated heterocycles. The fourth-order valence-corrected chi connectivity index (χ4v) is 1.23. The summed E-state index contributed by atoms with van der Waals surface area (Å²) in [4.78, 5) is 11.3. The Labute approximate surface area is 94.8 Å². The molecule has 0 bridgehead atoms. The SMILES string of the molecule is CCCCCOC(=O)Cn1cc(CN)nn1. The highest BCUT2D eigenvalue weighted by Gasteiger charge is 2.06. The second-order valence-electron chi connectivity index (χ2n) is 3.54. The molecule has 0 aliphatic heterocycles. The number of esters is 1. The van der Waals surface area contributed by atoms with Crippen LogP contribution < -0.4 is 5.73 Å². The zero-order valence-electron chi connectivity index (χ0n) is 9.56. The van der Waals surface area contributed by atoms with E-state index in [0.717, 1.165) is 19.3 Å². The van der Waals surface area contributed by atoms with Crippen LogP contribution in [0.5, 0.6) is 0 Å². The van der Waals surface area contributed by atoms with Crippen LogP contribution in [0.15, 0.2) is 6.20 Å². The van der Waals surface area contributed by atoms with E-state index in [1.54, 1.807) is 6.20 Å². The van der Waals surface area contributed by atoms with Crippen molar-refractivity contribution in [2.24, 2.45) is 5.73 Å². The van der Waals surface area contributed by atoms with Crippen molar-refractivity contribution in [1.29, 1.82) is 0 Å². The summed E-state index contributed by atoms with van der Waals surface area (Å²) < 4.78 is 6.47. The number of unbranched alkanes of at least 4 members (excludes halogenated alkanes) is 2. The number of nitrogens with two attached hydrogens (primary N) is 1. The van der Waals surface area contributed by atoms with Crippen LogP contribution in [-0.2, 0) is 22.6 Å². The first kappa shape index (κ1) is 12.6. The molecule has 0 atom stereocenters. The van der Waals surface area contributed by atoms with Crippen LogP contribution in [0.3, 0.4) is 0 Å². The Balaban J connectivity index is 2.23. The minimum absolute atomic E-state index is 0.0964. The van der Waals surface area contributed by atoms with Crippen molar-refractivity contribution in [2.45, 2.75) is 39.3 Å². The summed E-state index contributed by atoms with van der Waals surface area (Å²) in [5, 5.41) is 7.53. The van der Waals surface area contributed by atoms with Crippen molar-refractivity contribution in [3.8, 4) is 0 Å². The zero-order chi connectivity index (χ0) is 11.8. The number of aromatic nitrogens is 3. The molecule has 1 aromatic rings. The molecule has 0 aliphatic carbocycles. The monoisotopic (exact) mass is 226 g/mol. The highest BCUT2D eigenvalue weighted by atomic mass is 16.5. The lowest BCUT2D eigenvalue weighted by Crippen LogP contribution is -2.14. The van der Waals surface area contributed by atoms with Gasteiger partial charge >= 0.3 is 5.97 Å². The van der Waals surface area contributed by atoms with Gasteiger partial charge in [-0.25, -0.2) is 4.68 Å². The van der Waals surface area contributed by atoms with E-state index < -0.39 is 0 Å². The topological polar surface area (TPSA) is 83.0 Å². The highest BCUT2D eigenvalue weighted by molar-refractivity contribution is 5.68. The van der Waals surface area contributed by atoms with E-state index in [1.807, 2.05) is 0 Å². The summed E-state index contributed by atoms with van der Waals surface area (Å²) in [5.74, 6) is -0.287. The van der Waals surface area contributed by atoms with Gasteiger partial charge in [-0.3, -0.25) is 4.79 Å². The predicted molar refractivity (Wildman–Crippen MR) is 58.4 cm³/mol. The quantitative estimate of drug-likeness (QED) is 0.539. The van der Waals surface area contributed by atoms with Gasteiger partial charge in [0, 0.05) is 6.54 Å². The van der Waals surface area contributed by atoms with E-state index >= 15 is 0 Å². The molecule has 0 aromatic carbocycles. The number of hydrogen-bond acceptors (Lipinski definition) is 5. The lowest BCUT2D eigenvalue weighted by Gasteiger charge is -2.03. The molecular formula is C10H18N4O2. The summed E-state index contributed by atoms with van der Waals surface area (Å²) in [7, 11) is 0. The maximum Gasteiger partial charge on any atom is 0.327 e. The summed E-state index contributed by atoms with van der Waals surface area (Å²) in [6.45, 7) is 3.00. The molecule has 0 saturated carbocycles. The number of rotatable bonds is 7. The first-order valence-electron chi connectivity index (χ1n) is 5.51. The fraction of sp³-hybridized carbons (Fsp3) is 0.700. The maximum atomic E-state index is 11.3. The van der Waals surface area contributed by atoms with E-state index in [-0.39, 0.29) is 12.5 Å². The van der Waals surface area contributed by atoms with E-state index in [1.165, 1.54) is 4.68 Å². The number of carbonyl (C=O) groups is 1. The van der Waals surface area contributed by atoms with Gasteiger partial charge in [0.1, 0.15) is 6.54 Å². The van der Waals surface area contributed by atoms with Gasteiger partial charge in [0.2, 0.25) is 0 Å². The van der Waals surface area contributed by atoms with Crippen molar-refractivity contribution in [2.75, 3.05) is 6.61 Å². The van der Waals surface area contributed by atoms with Gasteiger partial charge in [0.05, 0.1) is 18.5 Å². The van der Waals surface area contributed by atoms with Gasteiger partial charge in [-0.2, -0.15) is 0 Å². The molecule has 6 heteroatoms. The van der Waals surface area contributed by atoms with Gasteiger partial charge in [0.25, 0.3) is 0 Å². The molecule has 90 valence electrons. The van der Waals surface area contributed by atoms with Crippen LogP contribution in [0, 0.1) is 0 Å². The molecule has 1 aromatic heterocycles. The maximum absolute atomic E-state index is 11.3. The molecule has 0 aliphatic rings. The van der Waals surface area contributed by atoms with E-state index in [0.29, 0.717) is 18.8 Å². The molecule has 0 spiro atoms. The number of ether oxygens (including phenoxy) is 1. The average molecular weight is 226 g/mol. The Hall–Kier alpha value is -1.43. The largest absolute Gasteiger partial charge is 0.464 e. The van der Waals surface area contributed by atoms with E-state index in [2.05, 4.69) is 17.2 Å². The minimum Gasteiger partial charge on any atom is -0.464 e. The third-order valence-corrected chi connectivity index (χ3v) is 2.10. The number of hydrogen-bond donors (Lipinski definition) is 1. The average Bonchev–Trinajstić information content (AvgIpc) is 2.72. The summed E-state index contributed by atoms with van der Waals surface area (Å²) in [6, 6.07) is 0. The van der Waals surface area contributed by atoms with Crippen LogP contribution in [0.2, 0.25) is 0 Å². The molecular weight excluding hydrogens is 208 g/mol. The van der Waals surface area contributed by atoms with Gasteiger partial charge in [-0.1, -0.05) is 25.0 Å². The van der Waals surface area contributed by atoms with Crippen molar-refractivity contribution in [1.82, 2.24) is 15.0 Å². The first-order valence-corrected chi connectivity index (χ1v) is 5.51. The van der Waals surface area contributed by atoms with E-state index in [9.17, 15) is 4.79 Å². The highest BCUT2D eigenvalue weighted by Crippen LogP contribution is 1.96. The van der Waals surface area contributed by atoms with Crippen LogP contribution in [0.4, 0.5) is 0 Å². The van der Waals surface area contributed by atoms with Crippen molar-refractivity contribution >= 4 is 5.97 Å². The Morgan fingerprint density at radius 3 is 3.00 bits per heavy atom. The molecule has 1 rings (SSSR count). The molecule has 0 unspecified atom stereocenters. The Kier molecular flexibility index (Phi) is 5.49. The molecule has 6 nitrogen and oxygen atoms in total. The Morgan fingerprint density at radius 1 is 1.56 bits per heavy atom. The first-order chi connectivity index (χ1) is 7.76.